The van der Waals surface area contributed by atoms with Crippen molar-refractivity contribution >= 4 is 34.6 Å². The number of piperazine rings is 1. The van der Waals surface area contributed by atoms with Crippen molar-refractivity contribution in [3.8, 4) is 0 Å². The molecule has 0 radical (unpaired) electrons. The van der Waals surface area contributed by atoms with E-state index >= 15 is 0 Å². The summed E-state index contributed by atoms with van der Waals surface area (Å²) in [6.45, 7) is 7.72. The van der Waals surface area contributed by atoms with Crippen molar-refractivity contribution in [1.82, 2.24) is 24.8 Å². The van der Waals surface area contributed by atoms with E-state index in [0.29, 0.717) is 31.8 Å². The van der Waals surface area contributed by atoms with Crippen molar-refractivity contribution in [3.63, 3.8) is 0 Å². The Morgan fingerprint density at radius 3 is 2.60 bits per heavy atom. The molecule has 3 aromatic rings. The van der Waals surface area contributed by atoms with E-state index in [-0.39, 0.29) is 17.7 Å². The number of amides is 1. The van der Waals surface area contributed by atoms with Gasteiger partial charge < -0.3 is 20.3 Å². The van der Waals surface area contributed by atoms with Gasteiger partial charge >= 0.3 is 0 Å². The minimum atomic E-state index is -0.346. The molecule has 0 bridgehead atoms. The first-order valence-corrected chi connectivity index (χ1v) is 14.5. The SMILES string of the molecule is CCC(=O)Cc1ccc(Nc2ncc(C)c(C3=CCc4c(NC(=O)[C@@H](COC)N5CCN(C)CC5)cccc43)n2)cn1. The quantitative estimate of drug-likeness (QED) is 0.357. The summed E-state index contributed by atoms with van der Waals surface area (Å²) in [5.74, 6) is 0.571. The largest absolute Gasteiger partial charge is 0.383 e. The number of aromatic nitrogens is 3. The third-order valence-electron chi connectivity index (χ3n) is 7.92. The summed E-state index contributed by atoms with van der Waals surface area (Å²) in [6, 6.07) is 9.39. The van der Waals surface area contributed by atoms with Crippen LogP contribution in [0.3, 0.4) is 0 Å². The Kier molecular flexibility index (Phi) is 9.36. The van der Waals surface area contributed by atoms with Crippen LogP contribution in [-0.4, -0.2) is 89.4 Å². The molecular weight excluding hydrogens is 530 g/mol. The fraction of sp³-hybridized carbons (Fsp3) is 0.406. The summed E-state index contributed by atoms with van der Waals surface area (Å²) < 4.78 is 5.44. The van der Waals surface area contributed by atoms with Gasteiger partial charge in [-0.1, -0.05) is 25.1 Å². The number of ether oxygens (including phenoxy) is 1. The Labute approximate surface area is 247 Å². The van der Waals surface area contributed by atoms with E-state index in [4.69, 9.17) is 9.72 Å². The van der Waals surface area contributed by atoms with Gasteiger partial charge in [-0.3, -0.25) is 19.5 Å². The highest BCUT2D eigenvalue weighted by Crippen LogP contribution is 2.37. The molecule has 1 amide bonds. The molecule has 10 heteroatoms. The first kappa shape index (κ1) is 29.5. The number of ketones is 1. The first-order valence-electron chi connectivity index (χ1n) is 14.5. The van der Waals surface area contributed by atoms with Gasteiger partial charge in [0.15, 0.2) is 0 Å². The molecule has 42 heavy (non-hydrogen) atoms. The van der Waals surface area contributed by atoms with Gasteiger partial charge in [-0.05, 0) is 55.3 Å². The highest BCUT2D eigenvalue weighted by molar-refractivity contribution is 5.97. The zero-order valence-electron chi connectivity index (χ0n) is 24.8. The van der Waals surface area contributed by atoms with E-state index in [9.17, 15) is 9.59 Å². The number of carbonyl (C=O) groups excluding carboxylic acids is 2. The summed E-state index contributed by atoms with van der Waals surface area (Å²) >= 11 is 0. The molecule has 0 saturated carbocycles. The molecule has 220 valence electrons. The number of likely N-dealkylation sites (N-methyl/N-ethyl adjacent to an activating group) is 1. The zero-order valence-corrected chi connectivity index (χ0v) is 24.8. The number of anilines is 3. The van der Waals surface area contributed by atoms with Gasteiger partial charge in [-0.15, -0.1) is 0 Å². The van der Waals surface area contributed by atoms with Crippen LogP contribution in [0.4, 0.5) is 17.3 Å². The van der Waals surface area contributed by atoms with Gasteiger partial charge in [-0.2, -0.15) is 0 Å². The second-order valence-electron chi connectivity index (χ2n) is 10.9. The number of hydrogen-bond donors (Lipinski definition) is 2. The molecule has 2 aliphatic rings. The number of fused-ring (bicyclic) bond motifs is 1. The molecule has 1 atom stereocenters. The molecular formula is C32H39N7O3. The molecule has 5 rings (SSSR count). The van der Waals surface area contributed by atoms with Crippen LogP contribution < -0.4 is 10.6 Å². The number of carbonyl (C=O) groups is 2. The molecule has 3 heterocycles. The van der Waals surface area contributed by atoms with E-state index in [1.54, 1.807) is 13.3 Å². The predicted molar refractivity (Wildman–Crippen MR) is 164 cm³/mol. The third-order valence-corrected chi connectivity index (χ3v) is 7.92. The number of Topliss-reactive ketones (excluding diaryl/α,β-unsaturated/α-hetero) is 1. The van der Waals surface area contributed by atoms with Crippen LogP contribution in [0, 0.1) is 6.92 Å². The number of methoxy groups -OCH3 is 1. The van der Waals surface area contributed by atoms with Crippen molar-refractivity contribution in [3.05, 3.63) is 76.9 Å². The van der Waals surface area contributed by atoms with Gasteiger partial charge in [0.25, 0.3) is 0 Å². The van der Waals surface area contributed by atoms with Crippen molar-refractivity contribution < 1.29 is 14.3 Å². The lowest BCUT2D eigenvalue weighted by molar-refractivity contribution is -0.124. The van der Waals surface area contributed by atoms with Gasteiger partial charge in [0.05, 0.1) is 24.2 Å². The Bertz CT molecular complexity index is 1460. The van der Waals surface area contributed by atoms with Crippen LogP contribution in [0.1, 0.15) is 41.4 Å². The summed E-state index contributed by atoms with van der Waals surface area (Å²) in [7, 11) is 3.74. The zero-order chi connectivity index (χ0) is 29.6. The maximum absolute atomic E-state index is 13.5. The van der Waals surface area contributed by atoms with Crippen LogP contribution in [-0.2, 0) is 27.2 Å². The van der Waals surface area contributed by atoms with Gasteiger partial charge in [0, 0.05) is 69.3 Å². The summed E-state index contributed by atoms with van der Waals surface area (Å²) in [5.41, 5.74) is 7.23. The van der Waals surface area contributed by atoms with Crippen molar-refractivity contribution in [2.24, 2.45) is 0 Å². The molecule has 1 fully saturated rings. The van der Waals surface area contributed by atoms with E-state index < -0.39 is 0 Å². The highest BCUT2D eigenvalue weighted by atomic mass is 16.5. The first-order chi connectivity index (χ1) is 20.4. The Balaban J connectivity index is 1.32. The molecule has 2 N–H and O–H groups in total. The fourth-order valence-corrected chi connectivity index (χ4v) is 5.40. The average Bonchev–Trinajstić information content (AvgIpc) is 3.43. The van der Waals surface area contributed by atoms with Gasteiger partial charge in [0.2, 0.25) is 11.9 Å². The van der Waals surface area contributed by atoms with E-state index in [1.807, 2.05) is 44.3 Å². The number of allylic oxidation sites excluding steroid dienone is 1. The second kappa shape index (κ2) is 13.3. The lowest BCUT2D eigenvalue weighted by Crippen LogP contribution is -2.54. The molecule has 0 unspecified atom stereocenters. The minimum absolute atomic E-state index is 0.0494. The topological polar surface area (TPSA) is 113 Å². The maximum atomic E-state index is 13.5. The number of aryl methyl sites for hydroxylation is 1. The average molecular weight is 570 g/mol. The predicted octanol–water partition coefficient (Wildman–Crippen LogP) is 3.63. The molecule has 1 saturated heterocycles. The summed E-state index contributed by atoms with van der Waals surface area (Å²) in [5, 5.41) is 6.44. The lowest BCUT2D eigenvalue weighted by Gasteiger charge is -2.36. The van der Waals surface area contributed by atoms with E-state index in [2.05, 4.69) is 49.6 Å². The van der Waals surface area contributed by atoms with Crippen LogP contribution >= 0.6 is 0 Å². The third kappa shape index (κ3) is 6.73. The van der Waals surface area contributed by atoms with Crippen LogP contribution in [0.2, 0.25) is 0 Å². The number of hydrogen-bond acceptors (Lipinski definition) is 9. The Hall–Kier alpha value is -3.99. The van der Waals surface area contributed by atoms with Gasteiger partial charge in [0.1, 0.15) is 11.8 Å². The number of nitrogens with zero attached hydrogens (tertiary/aromatic N) is 5. The van der Waals surface area contributed by atoms with Crippen LogP contribution in [0.5, 0.6) is 0 Å². The normalized spacial score (nSPS) is 16.0. The molecule has 1 aliphatic heterocycles. The Morgan fingerprint density at radius 2 is 1.88 bits per heavy atom. The minimum Gasteiger partial charge on any atom is -0.383 e. The molecule has 10 nitrogen and oxygen atoms in total. The fourth-order valence-electron chi connectivity index (χ4n) is 5.40. The standard InChI is InChI=1S/C32H39N7O3/c1-5-24(40)17-22-9-10-23(19-33-22)35-32-34-18-21(2)30(37-32)27-12-11-26-25(27)7-6-8-28(26)36-31(41)29(20-42-4)39-15-13-38(3)14-16-39/h6-10,12,18-19,29H,5,11,13-17,20H2,1-4H3,(H,36,41)(H,34,35,37)/t29-/m1/s1. The maximum Gasteiger partial charge on any atom is 0.244 e. The van der Waals surface area contributed by atoms with Crippen molar-refractivity contribution in [2.45, 2.75) is 39.2 Å². The monoisotopic (exact) mass is 569 g/mol. The molecule has 1 aliphatic carbocycles. The Morgan fingerprint density at radius 1 is 1.07 bits per heavy atom. The number of benzene rings is 1. The smallest absolute Gasteiger partial charge is 0.244 e. The number of nitrogens with one attached hydrogen (secondary N) is 2. The molecule has 1 aromatic carbocycles. The van der Waals surface area contributed by atoms with Crippen molar-refractivity contribution in [2.75, 3.05) is 57.6 Å². The molecule has 2 aromatic heterocycles. The van der Waals surface area contributed by atoms with Gasteiger partial charge in [-0.25, -0.2) is 9.97 Å². The summed E-state index contributed by atoms with van der Waals surface area (Å²) in [4.78, 5) is 43.4. The molecule has 0 spiro atoms. The van der Waals surface area contributed by atoms with E-state index in [0.717, 1.165) is 71.2 Å². The second-order valence-corrected chi connectivity index (χ2v) is 10.9. The highest BCUT2D eigenvalue weighted by Gasteiger charge is 2.30. The lowest BCUT2D eigenvalue weighted by atomic mass is 9.99. The summed E-state index contributed by atoms with van der Waals surface area (Å²) in [6.07, 6.45) is 7.19. The number of rotatable bonds is 11. The van der Waals surface area contributed by atoms with Crippen LogP contribution in [0.15, 0.2) is 48.8 Å². The van der Waals surface area contributed by atoms with Crippen LogP contribution in [0.25, 0.3) is 5.57 Å². The van der Waals surface area contributed by atoms with E-state index in [1.165, 1.54) is 0 Å². The number of pyridine rings is 1. The van der Waals surface area contributed by atoms with Crippen molar-refractivity contribution in [1.29, 1.82) is 0 Å².